The molecule has 168 valence electrons. The Morgan fingerprint density at radius 1 is 0.879 bits per heavy atom. The molecule has 0 radical (unpaired) electrons. The summed E-state index contributed by atoms with van der Waals surface area (Å²) in [6.45, 7) is 5.84. The van der Waals surface area contributed by atoms with Gasteiger partial charge in [0, 0.05) is 24.5 Å². The van der Waals surface area contributed by atoms with Gasteiger partial charge in [0.2, 0.25) is 5.78 Å². The lowest BCUT2D eigenvalue weighted by atomic mass is 9.86. The molecule has 0 aliphatic carbocycles. The second kappa shape index (κ2) is 7.31. The number of carbonyl (C=O) groups excluding carboxylic acids is 2. The molecule has 1 N–H and O–H groups in total. The first-order valence-electron chi connectivity index (χ1n) is 10.3. The topological polar surface area (TPSA) is 118 Å². The van der Waals surface area contributed by atoms with E-state index in [-0.39, 0.29) is 33.7 Å². The van der Waals surface area contributed by atoms with Crippen molar-refractivity contribution in [3.63, 3.8) is 0 Å². The van der Waals surface area contributed by atoms with Gasteiger partial charge in [0.05, 0.1) is 27.0 Å². The molecule has 4 rings (SSSR count). The Labute approximate surface area is 190 Å². The van der Waals surface area contributed by atoms with E-state index in [0.29, 0.717) is 15.4 Å². The van der Waals surface area contributed by atoms with Gasteiger partial charge in [-0.3, -0.25) is 9.59 Å². The number of Topliss-reactive ketones (excluding diaryl/α,β-unsaturated/α-hetero) is 2. The molecule has 0 saturated heterocycles. The largest absolute Gasteiger partial charge is 0.758 e. The maximum absolute atomic E-state index is 13.5. The highest BCUT2D eigenvalue weighted by Gasteiger charge is 2.60. The fourth-order valence-electron chi connectivity index (χ4n) is 4.13. The van der Waals surface area contributed by atoms with E-state index in [4.69, 9.17) is 0 Å². The van der Waals surface area contributed by atoms with Crippen molar-refractivity contribution in [2.24, 2.45) is 0 Å². The maximum atomic E-state index is 13.5. The van der Waals surface area contributed by atoms with Crippen LogP contribution in [0.4, 0.5) is 0 Å². The number of nitrogens with zero attached hydrogens (tertiary/aromatic N) is 2. The number of hydroxylamine groups is 2. The number of carboxylic acids is 1. The molecule has 8 nitrogen and oxygen atoms in total. The molecule has 0 spiro atoms. The zero-order valence-corrected chi connectivity index (χ0v) is 18.6. The highest BCUT2D eigenvalue weighted by Crippen LogP contribution is 2.47. The lowest BCUT2D eigenvalue weighted by molar-refractivity contribution is -0.512. The van der Waals surface area contributed by atoms with Crippen LogP contribution in [0.1, 0.15) is 49.2 Å². The van der Waals surface area contributed by atoms with Gasteiger partial charge in [-0.1, -0.05) is 30.3 Å². The molecular formula is C25H22N2O6. The predicted molar refractivity (Wildman–Crippen MR) is 121 cm³/mol. The van der Waals surface area contributed by atoms with Gasteiger partial charge >= 0.3 is 5.97 Å². The number of benzene rings is 2. The molecule has 33 heavy (non-hydrogen) atoms. The number of hydrogen-bond acceptors (Lipinski definition) is 6. The van der Waals surface area contributed by atoms with Gasteiger partial charge in [-0.25, -0.2) is 4.79 Å². The summed E-state index contributed by atoms with van der Waals surface area (Å²) in [7, 11) is 0. The fourth-order valence-corrected chi connectivity index (χ4v) is 4.13. The number of rotatable bonds is 4. The summed E-state index contributed by atoms with van der Waals surface area (Å²) in [5.74, 6) is -2.29. The van der Waals surface area contributed by atoms with Crippen LogP contribution >= 0.6 is 0 Å². The lowest BCUT2D eigenvalue weighted by Crippen LogP contribution is -2.41. The molecule has 0 aromatic heterocycles. The minimum atomic E-state index is -1.52. The second-order valence-corrected chi connectivity index (χ2v) is 9.06. The quantitative estimate of drug-likeness (QED) is 0.710. The third-order valence-electron chi connectivity index (χ3n) is 6.16. The van der Waals surface area contributed by atoms with Crippen LogP contribution in [0.25, 0.3) is 11.4 Å². The third-order valence-corrected chi connectivity index (χ3v) is 6.16. The lowest BCUT2D eigenvalue weighted by Gasteiger charge is -2.40. The summed E-state index contributed by atoms with van der Waals surface area (Å²) in [6, 6.07) is 14.0. The molecule has 2 heterocycles. The van der Waals surface area contributed by atoms with Crippen LogP contribution < -0.4 is 0 Å². The van der Waals surface area contributed by atoms with Crippen molar-refractivity contribution < 1.29 is 24.3 Å². The van der Waals surface area contributed by atoms with Crippen molar-refractivity contribution in [1.29, 1.82) is 0 Å². The maximum Gasteiger partial charge on any atom is 0.335 e. The molecule has 2 aliphatic heterocycles. The summed E-state index contributed by atoms with van der Waals surface area (Å²) < 4.78 is 0.589. The van der Waals surface area contributed by atoms with E-state index < -0.39 is 28.6 Å². The van der Waals surface area contributed by atoms with Crippen LogP contribution in [-0.4, -0.2) is 43.5 Å². The van der Waals surface area contributed by atoms with Crippen LogP contribution in [0.2, 0.25) is 0 Å². The van der Waals surface area contributed by atoms with E-state index in [1.165, 1.54) is 52.0 Å². The smallest absolute Gasteiger partial charge is 0.335 e. The highest BCUT2D eigenvalue weighted by atomic mass is 16.5. The SMILES string of the molecule is CC1(C)C(=O)C(C2=C(c3ccccc3)[N+](=O)C(C)(C)C2=O)=C(c2ccc(C(=O)O)cc2)N1[O-]. The van der Waals surface area contributed by atoms with Crippen LogP contribution in [0.3, 0.4) is 0 Å². The van der Waals surface area contributed by atoms with Gasteiger partial charge in [-0.2, -0.15) is 0 Å². The molecule has 0 unspecified atom stereocenters. The van der Waals surface area contributed by atoms with Crippen molar-refractivity contribution in [2.45, 2.75) is 38.8 Å². The monoisotopic (exact) mass is 446 g/mol. The Morgan fingerprint density at radius 3 is 2.00 bits per heavy atom. The van der Waals surface area contributed by atoms with Crippen LogP contribution in [0.5, 0.6) is 0 Å². The second-order valence-electron chi connectivity index (χ2n) is 9.06. The summed E-state index contributed by atoms with van der Waals surface area (Å²) in [6.07, 6.45) is 0. The van der Waals surface area contributed by atoms with Gasteiger partial charge in [-0.15, -0.1) is 0 Å². The van der Waals surface area contributed by atoms with Crippen molar-refractivity contribution in [3.05, 3.63) is 92.5 Å². The Morgan fingerprint density at radius 2 is 1.45 bits per heavy atom. The number of nitroso groups, excluding NO2 is 1. The highest BCUT2D eigenvalue weighted by molar-refractivity contribution is 6.27. The zero-order valence-electron chi connectivity index (χ0n) is 18.6. The van der Waals surface area contributed by atoms with E-state index in [1.807, 2.05) is 0 Å². The molecule has 0 amide bonds. The number of ketones is 2. The Balaban J connectivity index is 2.07. The molecule has 0 atom stereocenters. The summed E-state index contributed by atoms with van der Waals surface area (Å²) >= 11 is 0. The number of hydrogen-bond donors (Lipinski definition) is 1. The normalized spacial score (nSPS) is 19.7. The molecule has 2 aromatic carbocycles. The average Bonchev–Trinajstić information content (AvgIpc) is 3.07. The van der Waals surface area contributed by atoms with E-state index in [0.717, 1.165) is 0 Å². The summed E-state index contributed by atoms with van der Waals surface area (Å²) in [5, 5.41) is 23.0. The average molecular weight is 446 g/mol. The molecule has 0 bridgehead atoms. The first-order valence-corrected chi connectivity index (χ1v) is 10.3. The van der Waals surface area contributed by atoms with Crippen molar-refractivity contribution in [1.82, 2.24) is 5.06 Å². The van der Waals surface area contributed by atoms with Crippen molar-refractivity contribution in [2.75, 3.05) is 0 Å². The minimum Gasteiger partial charge on any atom is -0.758 e. The minimum absolute atomic E-state index is 0.00920. The van der Waals surface area contributed by atoms with E-state index >= 15 is 0 Å². The van der Waals surface area contributed by atoms with Crippen molar-refractivity contribution >= 4 is 28.9 Å². The van der Waals surface area contributed by atoms with E-state index in [9.17, 15) is 29.6 Å². The van der Waals surface area contributed by atoms with Gasteiger partial charge < -0.3 is 15.4 Å². The Hall–Kier alpha value is -3.91. The predicted octanol–water partition coefficient (Wildman–Crippen LogP) is 3.81. The first-order chi connectivity index (χ1) is 15.4. The molecular weight excluding hydrogens is 424 g/mol. The molecule has 8 heteroatoms. The first kappa shape index (κ1) is 22.3. The van der Waals surface area contributed by atoms with Gasteiger partial charge in [0.25, 0.3) is 11.2 Å². The van der Waals surface area contributed by atoms with Gasteiger partial charge in [0.15, 0.2) is 5.78 Å². The number of carbonyl (C=O) groups is 3. The zero-order chi connectivity index (χ0) is 24.3. The van der Waals surface area contributed by atoms with Gasteiger partial charge in [0.1, 0.15) is 5.57 Å². The number of aromatic carboxylic acids is 1. The summed E-state index contributed by atoms with van der Waals surface area (Å²) in [5.41, 5.74) is -2.54. The summed E-state index contributed by atoms with van der Waals surface area (Å²) in [4.78, 5) is 51.5. The molecule has 2 aliphatic rings. The Bertz CT molecular complexity index is 1280. The van der Waals surface area contributed by atoms with Crippen molar-refractivity contribution in [3.8, 4) is 0 Å². The van der Waals surface area contributed by atoms with Gasteiger partial charge in [-0.05, 0) is 43.7 Å². The number of carboxylic acid groups (broad SMARTS) is 1. The van der Waals surface area contributed by atoms with E-state index in [2.05, 4.69) is 0 Å². The molecule has 0 saturated carbocycles. The van der Waals surface area contributed by atoms with Crippen LogP contribution in [-0.2, 0) is 9.59 Å². The Kier molecular flexibility index (Phi) is 4.94. The van der Waals surface area contributed by atoms with Crippen LogP contribution in [0.15, 0.2) is 65.7 Å². The van der Waals surface area contributed by atoms with E-state index in [1.54, 1.807) is 30.3 Å². The third kappa shape index (κ3) is 3.14. The molecule has 2 aromatic rings. The standard InChI is InChI=1S/C25H22N2O6/c1-24(2)21(28)17(19(26(24)32)14-8-6-5-7-9-14)18-20(27(33)25(3,4)22(18)29)15-10-12-16(13-11-15)23(30)31/h5-13H,1-4H3,(H,30,31). The fraction of sp³-hybridized carbons (Fsp3) is 0.240. The molecule has 0 fully saturated rings. The van der Waals surface area contributed by atoms with Crippen LogP contribution in [0, 0.1) is 10.1 Å².